The van der Waals surface area contributed by atoms with Crippen LogP contribution in [0.15, 0.2) is 42.0 Å². The molecule has 1 aliphatic rings. The Bertz CT molecular complexity index is 1050. The third kappa shape index (κ3) is 4.44. The van der Waals surface area contributed by atoms with Crippen molar-refractivity contribution in [2.24, 2.45) is 0 Å². The predicted octanol–water partition coefficient (Wildman–Crippen LogP) is 4.76. The Kier molecular flexibility index (Phi) is 5.96. The van der Waals surface area contributed by atoms with E-state index in [9.17, 15) is 14.4 Å². The average molecular weight is 433 g/mol. The number of aryl methyl sites for hydroxylation is 1. The van der Waals surface area contributed by atoms with Crippen LogP contribution in [0.3, 0.4) is 0 Å². The number of barbiturate groups is 1. The molecule has 0 saturated carbocycles. The number of halogens is 2. The number of carbonyl (C=O) groups is 3. The molecule has 1 aliphatic heterocycles. The van der Waals surface area contributed by atoms with Crippen LogP contribution < -0.4 is 15.0 Å². The van der Waals surface area contributed by atoms with E-state index in [2.05, 4.69) is 5.32 Å². The molecule has 0 aliphatic carbocycles. The summed E-state index contributed by atoms with van der Waals surface area (Å²) >= 11 is 12.2. The van der Waals surface area contributed by atoms with Crippen LogP contribution in [0.5, 0.6) is 5.75 Å². The van der Waals surface area contributed by atoms with Crippen molar-refractivity contribution in [3.8, 4) is 5.75 Å². The Hall–Kier alpha value is -2.83. The lowest BCUT2D eigenvalue weighted by molar-refractivity contribution is -0.122. The number of imide groups is 2. The molecular weight excluding hydrogens is 415 g/mol. The highest BCUT2D eigenvalue weighted by molar-refractivity contribution is 6.39. The molecule has 0 atom stereocenters. The number of urea groups is 1. The summed E-state index contributed by atoms with van der Waals surface area (Å²) in [5.74, 6) is -1.11. The zero-order valence-electron chi connectivity index (χ0n) is 16.0. The number of hydrogen-bond acceptors (Lipinski definition) is 4. The molecule has 29 heavy (non-hydrogen) atoms. The van der Waals surface area contributed by atoms with Crippen LogP contribution >= 0.6 is 23.2 Å². The van der Waals surface area contributed by atoms with Gasteiger partial charge < -0.3 is 4.74 Å². The van der Waals surface area contributed by atoms with Gasteiger partial charge in [-0.1, -0.05) is 29.3 Å². The summed E-state index contributed by atoms with van der Waals surface area (Å²) in [4.78, 5) is 38.6. The largest absolute Gasteiger partial charge is 0.490 e. The molecule has 2 aromatic rings. The quantitative estimate of drug-likeness (QED) is 0.558. The van der Waals surface area contributed by atoms with Gasteiger partial charge in [-0.15, -0.1) is 0 Å². The van der Waals surface area contributed by atoms with Crippen LogP contribution in [0.25, 0.3) is 6.08 Å². The number of anilines is 1. The van der Waals surface area contributed by atoms with Crippen molar-refractivity contribution in [2.45, 2.75) is 26.9 Å². The van der Waals surface area contributed by atoms with Gasteiger partial charge in [0.05, 0.1) is 11.8 Å². The van der Waals surface area contributed by atoms with Crippen LogP contribution in [-0.4, -0.2) is 23.9 Å². The lowest BCUT2D eigenvalue weighted by Gasteiger charge is -2.26. The third-order valence-corrected chi connectivity index (χ3v) is 4.79. The standard InChI is InChI=1S/C21H18Cl2N2O4/c1-11(2)29-18-7-5-14(22)8-13(18)9-16-19(26)24-21(28)25(20(16)27)15-6-4-12(3)17(23)10-15/h4-11H,1-3H3,(H,24,26,28)/b16-9+. The van der Waals surface area contributed by atoms with Gasteiger partial charge in [0, 0.05) is 15.6 Å². The summed E-state index contributed by atoms with van der Waals surface area (Å²) in [5, 5.41) is 2.99. The highest BCUT2D eigenvalue weighted by Crippen LogP contribution is 2.29. The fraction of sp³-hybridized carbons (Fsp3) is 0.190. The van der Waals surface area contributed by atoms with Crippen LogP contribution in [0.4, 0.5) is 10.5 Å². The summed E-state index contributed by atoms with van der Waals surface area (Å²) in [6.45, 7) is 5.51. The predicted molar refractivity (Wildman–Crippen MR) is 112 cm³/mol. The lowest BCUT2D eigenvalue weighted by Crippen LogP contribution is -2.54. The number of nitrogens with zero attached hydrogens (tertiary/aromatic N) is 1. The van der Waals surface area contributed by atoms with Crippen LogP contribution in [-0.2, 0) is 9.59 Å². The van der Waals surface area contributed by atoms with E-state index in [4.69, 9.17) is 27.9 Å². The van der Waals surface area contributed by atoms with E-state index in [1.165, 1.54) is 12.1 Å². The molecule has 0 unspecified atom stereocenters. The van der Waals surface area contributed by atoms with Gasteiger partial charge in [0.15, 0.2) is 0 Å². The van der Waals surface area contributed by atoms with Gasteiger partial charge in [0.2, 0.25) is 0 Å². The maximum Gasteiger partial charge on any atom is 0.335 e. The molecule has 3 rings (SSSR count). The molecule has 2 aromatic carbocycles. The molecule has 4 amide bonds. The van der Waals surface area contributed by atoms with E-state index >= 15 is 0 Å². The average Bonchev–Trinajstić information content (AvgIpc) is 2.63. The molecule has 8 heteroatoms. The minimum atomic E-state index is -0.846. The zero-order chi connectivity index (χ0) is 21.3. The monoisotopic (exact) mass is 432 g/mol. The van der Waals surface area contributed by atoms with Crippen molar-refractivity contribution in [1.82, 2.24) is 5.32 Å². The molecule has 150 valence electrons. The molecule has 0 aromatic heterocycles. The van der Waals surface area contributed by atoms with E-state index in [1.807, 2.05) is 13.8 Å². The molecule has 0 radical (unpaired) electrons. The van der Waals surface area contributed by atoms with Crippen molar-refractivity contribution >= 4 is 52.8 Å². The van der Waals surface area contributed by atoms with Crippen molar-refractivity contribution < 1.29 is 19.1 Å². The Balaban J connectivity index is 2.06. The second kappa shape index (κ2) is 8.27. The smallest absolute Gasteiger partial charge is 0.335 e. The second-order valence-corrected chi connectivity index (χ2v) is 7.58. The van der Waals surface area contributed by atoms with Crippen molar-refractivity contribution in [3.63, 3.8) is 0 Å². The van der Waals surface area contributed by atoms with Gasteiger partial charge >= 0.3 is 6.03 Å². The van der Waals surface area contributed by atoms with Crippen molar-refractivity contribution in [2.75, 3.05) is 4.90 Å². The van der Waals surface area contributed by atoms with E-state index in [0.717, 1.165) is 10.5 Å². The van der Waals surface area contributed by atoms with Gasteiger partial charge in [0.1, 0.15) is 11.3 Å². The Morgan fingerprint density at radius 2 is 1.79 bits per heavy atom. The topological polar surface area (TPSA) is 75.7 Å². The summed E-state index contributed by atoms with van der Waals surface area (Å²) < 4.78 is 5.73. The summed E-state index contributed by atoms with van der Waals surface area (Å²) in [6.07, 6.45) is 1.23. The van der Waals surface area contributed by atoms with Gasteiger partial charge in [-0.25, -0.2) is 9.69 Å². The minimum Gasteiger partial charge on any atom is -0.490 e. The number of rotatable bonds is 4. The van der Waals surface area contributed by atoms with Gasteiger partial charge in [-0.2, -0.15) is 0 Å². The van der Waals surface area contributed by atoms with E-state index < -0.39 is 17.8 Å². The summed E-state index contributed by atoms with van der Waals surface area (Å²) in [6, 6.07) is 8.80. The highest BCUT2D eigenvalue weighted by Gasteiger charge is 2.37. The van der Waals surface area contributed by atoms with Crippen molar-refractivity contribution in [3.05, 3.63) is 63.1 Å². The Morgan fingerprint density at radius 1 is 1.07 bits per heavy atom. The first kappa shape index (κ1) is 20.9. The molecule has 1 saturated heterocycles. The Morgan fingerprint density at radius 3 is 2.45 bits per heavy atom. The number of nitrogens with one attached hydrogen (secondary N) is 1. The number of amides is 4. The third-order valence-electron chi connectivity index (χ3n) is 4.15. The SMILES string of the molecule is Cc1ccc(N2C(=O)NC(=O)/C(=C\c3cc(Cl)ccc3OC(C)C)C2=O)cc1Cl. The lowest BCUT2D eigenvalue weighted by atomic mass is 10.1. The summed E-state index contributed by atoms with van der Waals surface area (Å²) in [5.41, 5.74) is 1.27. The van der Waals surface area contributed by atoms with Crippen LogP contribution in [0, 0.1) is 6.92 Å². The first-order valence-electron chi connectivity index (χ1n) is 8.81. The van der Waals surface area contributed by atoms with Gasteiger partial charge in [-0.3, -0.25) is 14.9 Å². The van der Waals surface area contributed by atoms with Gasteiger partial charge in [0.25, 0.3) is 11.8 Å². The van der Waals surface area contributed by atoms with Crippen molar-refractivity contribution in [1.29, 1.82) is 0 Å². The van der Waals surface area contributed by atoms with E-state index in [1.54, 1.807) is 37.3 Å². The first-order valence-corrected chi connectivity index (χ1v) is 9.57. The first-order chi connectivity index (χ1) is 13.7. The van der Waals surface area contributed by atoms with Crippen LogP contribution in [0.2, 0.25) is 10.0 Å². The second-order valence-electron chi connectivity index (χ2n) is 6.74. The Labute approximate surface area is 178 Å². The maximum absolute atomic E-state index is 13.0. The molecule has 1 N–H and O–H groups in total. The molecule has 6 nitrogen and oxygen atoms in total. The van der Waals surface area contributed by atoms with Gasteiger partial charge in [-0.05, 0) is 62.7 Å². The fourth-order valence-corrected chi connectivity index (χ4v) is 3.12. The molecule has 1 heterocycles. The number of ether oxygens (including phenoxy) is 1. The highest BCUT2D eigenvalue weighted by atomic mass is 35.5. The number of hydrogen-bond donors (Lipinski definition) is 1. The maximum atomic E-state index is 13.0. The molecule has 0 bridgehead atoms. The zero-order valence-corrected chi connectivity index (χ0v) is 17.5. The summed E-state index contributed by atoms with van der Waals surface area (Å²) in [7, 11) is 0. The normalized spacial score (nSPS) is 15.9. The molecular formula is C21H18Cl2N2O4. The fourth-order valence-electron chi connectivity index (χ4n) is 2.76. The number of benzene rings is 2. The number of carbonyl (C=O) groups excluding carboxylic acids is 3. The minimum absolute atomic E-state index is 0.128. The van der Waals surface area contributed by atoms with E-state index in [-0.39, 0.29) is 17.4 Å². The van der Waals surface area contributed by atoms with Crippen LogP contribution in [0.1, 0.15) is 25.0 Å². The molecule has 1 fully saturated rings. The molecule has 0 spiro atoms. The van der Waals surface area contributed by atoms with E-state index in [0.29, 0.717) is 21.4 Å².